The number of nitrogens with one attached hydrogen (secondary N) is 1. The first-order chi connectivity index (χ1) is 14.5. The highest BCUT2D eigenvalue weighted by atomic mass is 16.1. The van der Waals surface area contributed by atoms with E-state index >= 15 is 0 Å². The van der Waals surface area contributed by atoms with E-state index in [4.69, 9.17) is 0 Å². The summed E-state index contributed by atoms with van der Waals surface area (Å²) in [6.07, 6.45) is 6.50. The van der Waals surface area contributed by atoms with Crippen molar-refractivity contribution in [3.8, 4) is 0 Å². The van der Waals surface area contributed by atoms with Crippen LogP contribution in [0.15, 0.2) is 29.1 Å². The molecule has 0 unspecified atom stereocenters. The Kier molecular flexibility index (Phi) is 6.52. The molecule has 1 aromatic carbocycles. The summed E-state index contributed by atoms with van der Waals surface area (Å²) in [4.78, 5) is 28.2. The Bertz CT molecular complexity index is 950. The molecule has 1 aromatic heterocycles. The second-order valence-corrected chi connectivity index (χ2v) is 9.36. The Labute approximate surface area is 178 Å². The van der Waals surface area contributed by atoms with Crippen molar-refractivity contribution in [3.05, 3.63) is 40.3 Å². The van der Waals surface area contributed by atoms with Gasteiger partial charge >= 0.3 is 0 Å². The summed E-state index contributed by atoms with van der Waals surface area (Å²) >= 11 is 0. The van der Waals surface area contributed by atoms with Crippen LogP contribution in [-0.4, -0.2) is 46.3 Å². The number of amides is 1. The van der Waals surface area contributed by atoms with Crippen molar-refractivity contribution in [1.29, 1.82) is 0 Å². The lowest BCUT2D eigenvalue weighted by Crippen LogP contribution is -2.51. The molecule has 6 heteroatoms. The minimum atomic E-state index is -0.0805. The fourth-order valence-electron chi connectivity index (χ4n) is 5.18. The Hall–Kier alpha value is -2.21. The molecule has 30 heavy (non-hydrogen) atoms. The first-order valence-electron chi connectivity index (χ1n) is 11.5. The van der Waals surface area contributed by atoms with Gasteiger partial charge in [-0.3, -0.25) is 9.59 Å². The molecule has 2 aliphatic heterocycles. The van der Waals surface area contributed by atoms with E-state index in [-0.39, 0.29) is 17.9 Å². The number of nitrogens with zero attached hydrogens (tertiary/aromatic N) is 3. The summed E-state index contributed by atoms with van der Waals surface area (Å²) < 4.78 is 1.52. The third-order valence-electron chi connectivity index (χ3n) is 6.60. The minimum Gasteiger partial charge on any atom is -0.355 e. The summed E-state index contributed by atoms with van der Waals surface area (Å²) in [7, 11) is 0. The predicted octanol–water partition coefficient (Wildman–Crippen LogP) is 2.98. The molecule has 162 valence electrons. The van der Waals surface area contributed by atoms with Gasteiger partial charge < -0.3 is 10.2 Å². The molecule has 0 aliphatic carbocycles. The normalized spacial score (nSPS) is 22.2. The van der Waals surface area contributed by atoms with Crippen LogP contribution in [0, 0.1) is 11.8 Å². The van der Waals surface area contributed by atoms with E-state index in [1.807, 2.05) is 24.3 Å². The zero-order valence-electron chi connectivity index (χ0n) is 18.3. The fraction of sp³-hybridized carbons (Fsp3) is 0.625. The van der Waals surface area contributed by atoms with E-state index in [0.717, 1.165) is 11.9 Å². The molecule has 2 atom stereocenters. The summed E-state index contributed by atoms with van der Waals surface area (Å²) in [5, 5.41) is 9.18. The maximum Gasteiger partial charge on any atom is 0.274 e. The molecule has 6 nitrogen and oxygen atoms in total. The molecule has 3 heterocycles. The molecule has 4 rings (SSSR count). The molecule has 2 saturated heterocycles. The molecule has 2 aliphatic rings. The van der Waals surface area contributed by atoms with Gasteiger partial charge in [-0.05, 0) is 56.7 Å². The van der Waals surface area contributed by atoms with E-state index in [1.165, 1.54) is 49.9 Å². The number of hydrogen-bond donors (Lipinski definition) is 1. The lowest BCUT2D eigenvalue weighted by Gasteiger charge is -2.44. The first kappa shape index (κ1) is 21.0. The van der Waals surface area contributed by atoms with Crippen LogP contribution in [0.2, 0.25) is 0 Å². The van der Waals surface area contributed by atoms with E-state index in [2.05, 4.69) is 29.2 Å². The lowest BCUT2D eigenvalue weighted by atomic mass is 9.83. The van der Waals surface area contributed by atoms with Crippen molar-refractivity contribution in [2.45, 2.75) is 65.0 Å². The SMILES string of the molecule is CC(C)Cn1nc(CC(=O)NC[C@@H]2CCCN3CCCC[C@H]23)c2ccccc2c1=O. The first-order valence-corrected chi connectivity index (χ1v) is 11.5. The third kappa shape index (κ3) is 4.59. The summed E-state index contributed by atoms with van der Waals surface area (Å²) in [6, 6.07) is 8.12. The standard InChI is InChI=1S/C24H34N4O2/c1-17(2)16-28-24(30)20-10-4-3-9-19(20)21(26-28)14-23(29)25-15-18-8-7-13-27-12-6-5-11-22(18)27/h3-4,9-10,17-18,22H,5-8,11-16H2,1-2H3,(H,25,29)/t18-,22+/m0/s1. The number of aromatic nitrogens is 2. The van der Waals surface area contributed by atoms with Gasteiger partial charge in [0.2, 0.25) is 5.91 Å². The second-order valence-electron chi connectivity index (χ2n) is 9.36. The zero-order chi connectivity index (χ0) is 21.1. The van der Waals surface area contributed by atoms with Crippen LogP contribution >= 0.6 is 0 Å². The molecule has 1 N–H and O–H groups in total. The number of piperidine rings is 2. The van der Waals surface area contributed by atoms with Gasteiger partial charge in [-0.25, -0.2) is 4.68 Å². The number of carbonyl (C=O) groups is 1. The Morgan fingerprint density at radius 1 is 1.13 bits per heavy atom. The number of benzene rings is 1. The van der Waals surface area contributed by atoms with Crippen molar-refractivity contribution in [2.24, 2.45) is 11.8 Å². The van der Waals surface area contributed by atoms with Gasteiger partial charge in [0.1, 0.15) is 0 Å². The summed E-state index contributed by atoms with van der Waals surface area (Å²) in [5.74, 6) is 0.848. The number of hydrogen-bond acceptors (Lipinski definition) is 4. The van der Waals surface area contributed by atoms with Crippen LogP contribution in [0.25, 0.3) is 10.8 Å². The Morgan fingerprint density at radius 2 is 1.90 bits per heavy atom. The van der Waals surface area contributed by atoms with E-state index in [0.29, 0.717) is 35.5 Å². The topological polar surface area (TPSA) is 67.2 Å². The predicted molar refractivity (Wildman–Crippen MR) is 119 cm³/mol. The zero-order valence-corrected chi connectivity index (χ0v) is 18.3. The van der Waals surface area contributed by atoms with Crippen molar-refractivity contribution >= 4 is 16.7 Å². The molecule has 1 amide bonds. The Morgan fingerprint density at radius 3 is 2.70 bits per heavy atom. The van der Waals surface area contributed by atoms with Gasteiger partial charge in [-0.15, -0.1) is 0 Å². The van der Waals surface area contributed by atoms with Gasteiger partial charge in [0.15, 0.2) is 0 Å². The average Bonchev–Trinajstić information content (AvgIpc) is 2.75. The fourth-order valence-corrected chi connectivity index (χ4v) is 5.18. The average molecular weight is 411 g/mol. The lowest BCUT2D eigenvalue weighted by molar-refractivity contribution is -0.120. The maximum atomic E-state index is 12.8. The van der Waals surface area contributed by atoms with Crippen molar-refractivity contribution in [2.75, 3.05) is 19.6 Å². The van der Waals surface area contributed by atoms with Crippen LogP contribution in [0.1, 0.15) is 51.6 Å². The Balaban J connectivity index is 1.47. The van der Waals surface area contributed by atoms with Crippen LogP contribution in [0.5, 0.6) is 0 Å². The van der Waals surface area contributed by atoms with Crippen LogP contribution in [0.3, 0.4) is 0 Å². The largest absolute Gasteiger partial charge is 0.355 e. The number of rotatable bonds is 6. The highest BCUT2D eigenvalue weighted by Crippen LogP contribution is 2.30. The molecular formula is C24H34N4O2. The monoisotopic (exact) mass is 410 g/mol. The molecular weight excluding hydrogens is 376 g/mol. The van der Waals surface area contributed by atoms with Gasteiger partial charge in [-0.2, -0.15) is 5.10 Å². The summed E-state index contributed by atoms with van der Waals surface area (Å²) in [5.41, 5.74) is 0.606. The van der Waals surface area contributed by atoms with Gasteiger partial charge in [0.05, 0.1) is 17.5 Å². The van der Waals surface area contributed by atoms with Crippen molar-refractivity contribution in [3.63, 3.8) is 0 Å². The third-order valence-corrected chi connectivity index (χ3v) is 6.60. The van der Waals surface area contributed by atoms with Gasteiger partial charge in [0.25, 0.3) is 5.56 Å². The van der Waals surface area contributed by atoms with Crippen LogP contribution < -0.4 is 10.9 Å². The molecule has 0 radical (unpaired) electrons. The molecule has 0 bridgehead atoms. The number of carbonyl (C=O) groups excluding carboxylic acids is 1. The van der Waals surface area contributed by atoms with Crippen LogP contribution in [0.4, 0.5) is 0 Å². The van der Waals surface area contributed by atoms with E-state index in [9.17, 15) is 9.59 Å². The van der Waals surface area contributed by atoms with Gasteiger partial charge in [-0.1, -0.05) is 38.5 Å². The minimum absolute atomic E-state index is 0.00432. The highest BCUT2D eigenvalue weighted by Gasteiger charge is 2.32. The molecule has 0 spiro atoms. The molecule has 2 aromatic rings. The van der Waals surface area contributed by atoms with Crippen molar-refractivity contribution in [1.82, 2.24) is 20.0 Å². The number of fused-ring (bicyclic) bond motifs is 2. The van der Waals surface area contributed by atoms with E-state index < -0.39 is 0 Å². The smallest absolute Gasteiger partial charge is 0.274 e. The van der Waals surface area contributed by atoms with E-state index in [1.54, 1.807) is 0 Å². The molecule has 0 saturated carbocycles. The summed E-state index contributed by atoms with van der Waals surface area (Å²) in [6.45, 7) is 7.84. The van der Waals surface area contributed by atoms with Gasteiger partial charge in [0, 0.05) is 24.5 Å². The second kappa shape index (κ2) is 9.29. The maximum absolute atomic E-state index is 12.8. The highest BCUT2D eigenvalue weighted by molar-refractivity contribution is 5.88. The van der Waals surface area contributed by atoms with Crippen molar-refractivity contribution < 1.29 is 4.79 Å². The van der Waals surface area contributed by atoms with Crippen LogP contribution in [-0.2, 0) is 17.8 Å². The molecule has 2 fully saturated rings. The quantitative estimate of drug-likeness (QED) is 0.795.